The minimum Gasteiger partial charge on any atom is -0.491 e. The van der Waals surface area contributed by atoms with E-state index in [1.54, 1.807) is 12.3 Å². The standard InChI is InChI=1S/C24H32N4O3/c1-31-23-17-28(18-24(30)25-19-7-5-6-8-19)21(15-22(23)29)16-26-11-13-27(14-12-26)20-9-3-2-4-10-20/h2-4,9-10,15,17,19H,5-8,11-14,16,18H2,1H3,(H,25,30). The minimum atomic E-state index is -0.145. The highest BCUT2D eigenvalue weighted by molar-refractivity contribution is 5.76. The Bertz CT molecular complexity index is 930. The molecular formula is C24H32N4O3. The topological polar surface area (TPSA) is 66.8 Å². The first-order valence-corrected chi connectivity index (χ1v) is 11.2. The Morgan fingerprint density at radius 3 is 2.48 bits per heavy atom. The highest BCUT2D eigenvalue weighted by atomic mass is 16.5. The molecule has 31 heavy (non-hydrogen) atoms. The van der Waals surface area contributed by atoms with Crippen LogP contribution in [-0.2, 0) is 17.9 Å². The fourth-order valence-electron chi connectivity index (χ4n) is 4.56. The average Bonchev–Trinajstić information content (AvgIpc) is 3.29. The van der Waals surface area contributed by atoms with Crippen molar-refractivity contribution in [2.75, 3.05) is 38.2 Å². The van der Waals surface area contributed by atoms with E-state index in [4.69, 9.17) is 4.74 Å². The maximum absolute atomic E-state index is 12.6. The van der Waals surface area contributed by atoms with Crippen LogP contribution in [0.2, 0.25) is 0 Å². The molecule has 1 amide bonds. The zero-order chi connectivity index (χ0) is 21.6. The zero-order valence-corrected chi connectivity index (χ0v) is 18.3. The van der Waals surface area contributed by atoms with Gasteiger partial charge in [0.15, 0.2) is 5.75 Å². The normalized spacial score (nSPS) is 17.6. The lowest BCUT2D eigenvalue weighted by Crippen LogP contribution is -2.46. The Hall–Kier alpha value is -2.80. The number of amides is 1. The molecule has 2 aromatic rings. The first-order chi connectivity index (χ1) is 15.1. The molecule has 1 saturated heterocycles. The van der Waals surface area contributed by atoms with Crippen molar-refractivity contribution in [1.82, 2.24) is 14.8 Å². The summed E-state index contributed by atoms with van der Waals surface area (Å²) in [5, 5.41) is 3.14. The van der Waals surface area contributed by atoms with E-state index in [1.165, 1.54) is 25.6 Å². The monoisotopic (exact) mass is 424 g/mol. The highest BCUT2D eigenvalue weighted by Crippen LogP contribution is 2.19. The summed E-state index contributed by atoms with van der Waals surface area (Å²) in [5.74, 6) is 0.263. The predicted octanol–water partition coefficient (Wildman–Crippen LogP) is 2.24. The van der Waals surface area contributed by atoms with E-state index in [-0.39, 0.29) is 29.7 Å². The Morgan fingerprint density at radius 1 is 1.10 bits per heavy atom. The Labute approximate surface area is 183 Å². The number of aromatic nitrogens is 1. The van der Waals surface area contributed by atoms with Crippen molar-refractivity contribution in [1.29, 1.82) is 0 Å². The van der Waals surface area contributed by atoms with Gasteiger partial charge in [-0.15, -0.1) is 0 Å². The van der Waals surface area contributed by atoms with E-state index >= 15 is 0 Å². The summed E-state index contributed by atoms with van der Waals surface area (Å²) < 4.78 is 7.09. The van der Waals surface area contributed by atoms with Crippen LogP contribution in [0, 0.1) is 0 Å². The molecule has 2 aliphatic rings. The number of piperazine rings is 1. The number of nitrogens with one attached hydrogen (secondary N) is 1. The van der Waals surface area contributed by atoms with Crippen molar-refractivity contribution in [3.05, 3.63) is 58.5 Å². The van der Waals surface area contributed by atoms with Crippen molar-refractivity contribution in [3.8, 4) is 5.75 Å². The Kier molecular flexibility index (Phi) is 6.92. The van der Waals surface area contributed by atoms with Gasteiger partial charge in [-0.05, 0) is 25.0 Å². The molecule has 1 aromatic heterocycles. The number of para-hydroxylation sites is 1. The second-order valence-electron chi connectivity index (χ2n) is 8.47. The van der Waals surface area contributed by atoms with Crippen molar-refractivity contribution in [2.45, 2.75) is 44.8 Å². The van der Waals surface area contributed by atoms with Gasteiger partial charge in [0.25, 0.3) is 0 Å². The number of carbonyl (C=O) groups is 1. The van der Waals surface area contributed by atoms with Gasteiger partial charge < -0.3 is 19.5 Å². The number of ether oxygens (including phenoxy) is 1. The van der Waals surface area contributed by atoms with Gasteiger partial charge in [0.05, 0.1) is 13.3 Å². The molecular weight excluding hydrogens is 392 g/mol. The van der Waals surface area contributed by atoms with Crippen molar-refractivity contribution < 1.29 is 9.53 Å². The maximum atomic E-state index is 12.6. The van der Waals surface area contributed by atoms with Gasteiger partial charge in [-0.3, -0.25) is 14.5 Å². The molecule has 4 rings (SSSR count). The summed E-state index contributed by atoms with van der Waals surface area (Å²) in [6, 6.07) is 12.3. The minimum absolute atomic E-state index is 0.00671. The first-order valence-electron chi connectivity index (χ1n) is 11.2. The van der Waals surface area contributed by atoms with Crippen molar-refractivity contribution in [3.63, 3.8) is 0 Å². The van der Waals surface area contributed by atoms with Crippen LogP contribution in [0.15, 0.2) is 47.4 Å². The molecule has 7 heteroatoms. The molecule has 1 aliphatic carbocycles. The number of anilines is 1. The van der Waals surface area contributed by atoms with E-state index < -0.39 is 0 Å². The summed E-state index contributed by atoms with van der Waals surface area (Å²) in [7, 11) is 1.49. The Morgan fingerprint density at radius 2 is 1.81 bits per heavy atom. The number of benzene rings is 1. The maximum Gasteiger partial charge on any atom is 0.240 e. The van der Waals surface area contributed by atoms with Crippen LogP contribution in [0.1, 0.15) is 31.4 Å². The molecule has 1 N–H and O–H groups in total. The number of carbonyl (C=O) groups excluding carboxylic acids is 1. The summed E-state index contributed by atoms with van der Waals surface area (Å²) >= 11 is 0. The van der Waals surface area contributed by atoms with Gasteiger partial charge in [0.2, 0.25) is 11.3 Å². The van der Waals surface area contributed by atoms with Gasteiger partial charge >= 0.3 is 0 Å². The molecule has 1 aliphatic heterocycles. The average molecular weight is 425 g/mol. The molecule has 0 radical (unpaired) electrons. The smallest absolute Gasteiger partial charge is 0.240 e. The van der Waals surface area contributed by atoms with E-state index in [2.05, 4.69) is 39.4 Å². The third-order valence-corrected chi connectivity index (χ3v) is 6.32. The van der Waals surface area contributed by atoms with Gasteiger partial charge in [-0.1, -0.05) is 31.0 Å². The molecule has 0 spiro atoms. The summed E-state index contributed by atoms with van der Waals surface area (Å²) in [4.78, 5) is 29.7. The lowest BCUT2D eigenvalue weighted by Gasteiger charge is -2.36. The van der Waals surface area contributed by atoms with E-state index in [0.29, 0.717) is 6.54 Å². The Balaban J connectivity index is 1.42. The molecule has 1 aromatic carbocycles. The van der Waals surface area contributed by atoms with Gasteiger partial charge in [0, 0.05) is 56.2 Å². The van der Waals surface area contributed by atoms with Crippen molar-refractivity contribution in [2.24, 2.45) is 0 Å². The van der Waals surface area contributed by atoms with Crippen LogP contribution in [0.25, 0.3) is 0 Å². The van der Waals surface area contributed by atoms with Crippen LogP contribution in [0.3, 0.4) is 0 Å². The number of hydrogen-bond donors (Lipinski definition) is 1. The summed E-state index contributed by atoms with van der Waals surface area (Å²) in [5.41, 5.74) is 1.94. The molecule has 2 heterocycles. The summed E-state index contributed by atoms with van der Waals surface area (Å²) in [6.07, 6.45) is 6.13. The third-order valence-electron chi connectivity index (χ3n) is 6.32. The summed E-state index contributed by atoms with van der Waals surface area (Å²) in [6.45, 7) is 4.52. The SMILES string of the molecule is COc1cn(CC(=O)NC2CCCC2)c(CN2CCN(c3ccccc3)CC2)cc1=O. The number of hydrogen-bond acceptors (Lipinski definition) is 5. The highest BCUT2D eigenvalue weighted by Gasteiger charge is 2.21. The van der Waals surface area contributed by atoms with Gasteiger partial charge in [-0.2, -0.15) is 0 Å². The van der Waals surface area contributed by atoms with Crippen LogP contribution in [0.5, 0.6) is 5.75 Å². The fourth-order valence-corrected chi connectivity index (χ4v) is 4.56. The molecule has 7 nitrogen and oxygen atoms in total. The zero-order valence-electron chi connectivity index (χ0n) is 18.3. The van der Waals surface area contributed by atoms with E-state index in [9.17, 15) is 9.59 Å². The number of methoxy groups -OCH3 is 1. The lowest BCUT2D eigenvalue weighted by molar-refractivity contribution is -0.122. The van der Waals surface area contributed by atoms with Crippen LogP contribution in [-0.4, -0.2) is 54.7 Å². The quantitative estimate of drug-likeness (QED) is 0.738. The fraction of sp³-hybridized carbons (Fsp3) is 0.500. The molecule has 0 bridgehead atoms. The van der Waals surface area contributed by atoms with Crippen LogP contribution in [0.4, 0.5) is 5.69 Å². The first kappa shape index (κ1) is 21.4. The second-order valence-corrected chi connectivity index (χ2v) is 8.47. The lowest BCUT2D eigenvalue weighted by atomic mass is 10.2. The van der Waals surface area contributed by atoms with E-state index in [0.717, 1.165) is 44.7 Å². The molecule has 166 valence electrons. The molecule has 1 saturated carbocycles. The van der Waals surface area contributed by atoms with Crippen LogP contribution < -0.4 is 20.4 Å². The largest absolute Gasteiger partial charge is 0.491 e. The number of rotatable bonds is 7. The van der Waals surface area contributed by atoms with Gasteiger partial charge in [0.1, 0.15) is 6.54 Å². The number of nitrogens with zero attached hydrogens (tertiary/aromatic N) is 3. The van der Waals surface area contributed by atoms with Crippen molar-refractivity contribution >= 4 is 11.6 Å². The molecule has 2 fully saturated rings. The van der Waals surface area contributed by atoms with Gasteiger partial charge in [-0.25, -0.2) is 0 Å². The number of pyridine rings is 1. The second kappa shape index (κ2) is 10.0. The molecule has 0 atom stereocenters. The predicted molar refractivity (Wildman–Crippen MR) is 122 cm³/mol. The van der Waals surface area contributed by atoms with Crippen LogP contribution >= 0.6 is 0 Å². The third kappa shape index (κ3) is 5.47. The van der Waals surface area contributed by atoms with E-state index in [1.807, 2.05) is 10.6 Å². The molecule has 0 unspecified atom stereocenters.